The van der Waals surface area contributed by atoms with Gasteiger partial charge in [0.15, 0.2) is 0 Å². The second-order valence-electron chi connectivity index (χ2n) is 3.44. The van der Waals surface area contributed by atoms with Gasteiger partial charge in [-0.15, -0.1) is 0 Å². The van der Waals surface area contributed by atoms with Crippen LogP contribution in [0.1, 0.15) is 13.3 Å². The molecule has 0 amide bonds. The molecule has 0 aliphatic heterocycles. The lowest BCUT2D eigenvalue weighted by Crippen LogP contribution is -2.30. The third-order valence-corrected chi connectivity index (χ3v) is 1.96. The van der Waals surface area contributed by atoms with E-state index in [-0.39, 0.29) is 6.04 Å². The van der Waals surface area contributed by atoms with Crippen LogP contribution in [0.3, 0.4) is 0 Å². The fraction of sp³-hybridized carbons (Fsp3) is 0.889. The number of nitriles is 1. The summed E-state index contributed by atoms with van der Waals surface area (Å²) < 4.78 is 0. The molecule has 0 fully saturated rings. The van der Waals surface area contributed by atoms with Gasteiger partial charge in [-0.25, -0.2) is 0 Å². The zero-order valence-electron chi connectivity index (χ0n) is 8.54. The molecule has 0 aromatic rings. The van der Waals surface area contributed by atoms with E-state index < -0.39 is 0 Å². The van der Waals surface area contributed by atoms with Crippen molar-refractivity contribution < 1.29 is 0 Å². The Balaban J connectivity index is 3.45. The minimum absolute atomic E-state index is 0.0344. The van der Waals surface area contributed by atoms with Crippen LogP contribution in [-0.4, -0.2) is 50.1 Å². The minimum atomic E-state index is 0.0344. The summed E-state index contributed by atoms with van der Waals surface area (Å²) in [6, 6.07) is 2.25. The van der Waals surface area contributed by atoms with Crippen LogP contribution in [0.2, 0.25) is 0 Å². The Morgan fingerprint density at radius 1 is 1.25 bits per heavy atom. The van der Waals surface area contributed by atoms with E-state index in [1.54, 1.807) is 0 Å². The lowest BCUT2D eigenvalue weighted by Gasteiger charge is -2.19. The molecule has 0 bridgehead atoms. The van der Waals surface area contributed by atoms with Crippen LogP contribution in [0.25, 0.3) is 0 Å². The van der Waals surface area contributed by atoms with E-state index in [1.165, 1.54) is 0 Å². The largest absolute Gasteiger partial charge is 0.309 e. The molecule has 0 aromatic carbocycles. The van der Waals surface area contributed by atoms with Crippen LogP contribution < -0.4 is 0 Å². The highest BCUT2D eigenvalue weighted by Gasteiger charge is 2.05. The first kappa shape index (κ1) is 11.4. The molecule has 70 valence electrons. The molecular weight excluding hydrogens is 150 g/mol. The Labute approximate surface area is 75.6 Å². The van der Waals surface area contributed by atoms with Crippen molar-refractivity contribution in [2.45, 2.75) is 19.4 Å². The molecule has 0 N–H and O–H groups in total. The van der Waals surface area contributed by atoms with E-state index in [0.29, 0.717) is 0 Å². The predicted molar refractivity (Wildman–Crippen MR) is 50.9 cm³/mol. The third-order valence-electron chi connectivity index (χ3n) is 1.96. The van der Waals surface area contributed by atoms with Gasteiger partial charge < -0.3 is 4.90 Å². The summed E-state index contributed by atoms with van der Waals surface area (Å²) in [5.41, 5.74) is 0. The van der Waals surface area contributed by atoms with Crippen LogP contribution in [-0.2, 0) is 0 Å². The average Bonchev–Trinajstić information content (AvgIpc) is 2.02. The van der Waals surface area contributed by atoms with Gasteiger partial charge in [0, 0.05) is 6.54 Å². The zero-order valence-corrected chi connectivity index (χ0v) is 8.54. The zero-order chi connectivity index (χ0) is 9.56. The fourth-order valence-electron chi connectivity index (χ4n) is 0.929. The maximum Gasteiger partial charge on any atom is 0.0946 e. The molecule has 1 atom stereocenters. The Kier molecular flexibility index (Phi) is 5.69. The summed E-state index contributed by atoms with van der Waals surface area (Å²) in [6.07, 6.45) is 1.12. The van der Waals surface area contributed by atoms with Gasteiger partial charge in [0.2, 0.25) is 0 Å². The number of hydrogen-bond donors (Lipinski definition) is 0. The lowest BCUT2D eigenvalue weighted by atomic mass is 10.3. The monoisotopic (exact) mass is 169 g/mol. The summed E-state index contributed by atoms with van der Waals surface area (Å²) in [6.45, 7) is 4.01. The van der Waals surface area contributed by atoms with E-state index >= 15 is 0 Å². The highest BCUT2D eigenvalue weighted by molar-refractivity contribution is 4.86. The van der Waals surface area contributed by atoms with Crippen molar-refractivity contribution in [1.29, 1.82) is 5.26 Å². The molecule has 0 spiro atoms. The molecule has 0 heterocycles. The van der Waals surface area contributed by atoms with Gasteiger partial charge in [0.05, 0.1) is 12.1 Å². The predicted octanol–water partition coefficient (Wildman–Crippen LogP) is 0.782. The van der Waals surface area contributed by atoms with Crippen molar-refractivity contribution in [2.75, 3.05) is 34.2 Å². The first-order valence-corrected chi connectivity index (χ1v) is 4.32. The minimum Gasteiger partial charge on any atom is -0.309 e. The number of hydrogen-bond acceptors (Lipinski definition) is 3. The fourth-order valence-corrected chi connectivity index (χ4v) is 0.929. The van der Waals surface area contributed by atoms with Gasteiger partial charge in [0.1, 0.15) is 0 Å². The smallest absolute Gasteiger partial charge is 0.0946 e. The highest BCUT2D eigenvalue weighted by atomic mass is 15.1. The second kappa shape index (κ2) is 5.99. The third kappa shape index (κ3) is 5.11. The number of nitrogens with zero attached hydrogens (tertiary/aromatic N) is 3. The molecular formula is C9H19N3. The summed E-state index contributed by atoms with van der Waals surface area (Å²) in [4.78, 5) is 4.23. The van der Waals surface area contributed by atoms with E-state index in [1.807, 2.05) is 14.0 Å². The van der Waals surface area contributed by atoms with Crippen LogP contribution in [0.5, 0.6) is 0 Å². The Morgan fingerprint density at radius 3 is 2.25 bits per heavy atom. The van der Waals surface area contributed by atoms with Crippen LogP contribution in [0.4, 0.5) is 0 Å². The molecule has 3 nitrogen and oxygen atoms in total. The molecule has 0 saturated carbocycles. The average molecular weight is 169 g/mol. The van der Waals surface area contributed by atoms with Crippen molar-refractivity contribution in [3.63, 3.8) is 0 Å². The van der Waals surface area contributed by atoms with Crippen LogP contribution >= 0.6 is 0 Å². The van der Waals surface area contributed by atoms with E-state index in [2.05, 4.69) is 30.0 Å². The standard InChI is InChI=1S/C9H19N3/c1-9(8-10)12(4)7-5-6-11(2)3/h9H,5-7H2,1-4H3. The Bertz CT molecular complexity index is 148. The van der Waals surface area contributed by atoms with Gasteiger partial charge >= 0.3 is 0 Å². The quantitative estimate of drug-likeness (QED) is 0.609. The van der Waals surface area contributed by atoms with Crippen molar-refractivity contribution in [1.82, 2.24) is 9.80 Å². The molecule has 0 rings (SSSR count). The van der Waals surface area contributed by atoms with Gasteiger partial charge in [0.25, 0.3) is 0 Å². The van der Waals surface area contributed by atoms with Gasteiger partial charge in [-0.1, -0.05) is 0 Å². The first-order valence-electron chi connectivity index (χ1n) is 4.32. The summed E-state index contributed by atoms with van der Waals surface area (Å²) in [5, 5.41) is 8.61. The van der Waals surface area contributed by atoms with Gasteiger partial charge in [-0.2, -0.15) is 5.26 Å². The maximum absolute atomic E-state index is 8.61. The summed E-state index contributed by atoms with van der Waals surface area (Å²) in [7, 11) is 6.12. The molecule has 0 radical (unpaired) electrons. The Morgan fingerprint density at radius 2 is 1.83 bits per heavy atom. The van der Waals surface area contributed by atoms with E-state index in [9.17, 15) is 0 Å². The Hall–Kier alpha value is -0.590. The number of rotatable bonds is 5. The molecule has 12 heavy (non-hydrogen) atoms. The van der Waals surface area contributed by atoms with Crippen molar-refractivity contribution in [3.8, 4) is 6.07 Å². The molecule has 3 heteroatoms. The topological polar surface area (TPSA) is 30.3 Å². The van der Waals surface area contributed by atoms with Crippen molar-refractivity contribution in [2.24, 2.45) is 0 Å². The van der Waals surface area contributed by atoms with Crippen LogP contribution in [0.15, 0.2) is 0 Å². The summed E-state index contributed by atoms with van der Waals surface area (Å²) in [5.74, 6) is 0. The van der Waals surface area contributed by atoms with Gasteiger partial charge in [-0.3, -0.25) is 4.90 Å². The maximum atomic E-state index is 8.61. The summed E-state index contributed by atoms with van der Waals surface area (Å²) >= 11 is 0. The molecule has 0 aliphatic rings. The van der Waals surface area contributed by atoms with Crippen LogP contribution in [0, 0.1) is 11.3 Å². The highest BCUT2D eigenvalue weighted by Crippen LogP contribution is 1.95. The molecule has 1 unspecified atom stereocenters. The van der Waals surface area contributed by atoms with Crippen molar-refractivity contribution in [3.05, 3.63) is 0 Å². The van der Waals surface area contributed by atoms with Gasteiger partial charge in [-0.05, 0) is 41.0 Å². The first-order chi connectivity index (χ1) is 5.57. The normalized spacial score (nSPS) is 13.4. The molecule has 0 aliphatic carbocycles. The van der Waals surface area contributed by atoms with E-state index in [0.717, 1.165) is 19.5 Å². The van der Waals surface area contributed by atoms with E-state index in [4.69, 9.17) is 5.26 Å². The lowest BCUT2D eigenvalue weighted by molar-refractivity contribution is 0.277. The molecule has 0 saturated heterocycles. The SMILES string of the molecule is CC(C#N)N(C)CCCN(C)C. The second-order valence-corrected chi connectivity index (χ2v) is 3.44. The van der Waals surface area contributed by atoms with Crippen molar-refractivity contribution >= 4 is 0 Å². The molecule has 0 aromatic heterocycles.